The molecule has 0 saturated carbocycles. The number of hydrogen-bond acceptors (Lipinski definition) is 4. The maximum atomic E-state index is 12.2. The zero-order valence-electron chi connectivity index (χ0n) is 17.2. The Balaban J connectivity index is 1.82. The standard InChI is InChI=1S/C24H29NO3Si/c1-19(18-28-23-15-14-20(26)17-25-23)16-24(2,3)29(27,21-10-6-4-7-11-21)22-12-8-5-9-13-22/h4-15,17,19,26-27H,16,18H2,1-3H3. The SMILES string of the molecule is CC(COc1ccc(O)cn1)CC(C)(C)[Si](O)(c1ccccc1)c1ccccc1. The summed E-state index contributed by atoms with van der Waals surface area (Å²) in [5, 5.41) is 11.1. The summed E-state index contributed by atoms with van der Waals surface area (Å²) in [6, 6.07) is 23.3. The molecule has 5 heteroatoms. The molecule has 152 valence electrons. The molecule has 1 aromatic heterocycles. The molecule has 0 saturated heterocycles. The van der Waals surface area contributed by atoms with E-state index < -0.39 is 8.32 Å². The normalized spacial score (nSPS) is 13.1. The Bertz CT molecular complexity index is 859. The van der Waals surface area contributed by atoms with Crippen molar-refractivity contribution in [1.29, 1.82) is 0 Å². The molecule has 3 aromatic rings. The number of nitrogens with zero attached hydrogens (tertiary/aromatic N) is 1. The van der Waals surface area contributed by atoms with Gasteiger partial charge in [-0.2, -0.15) is 0 Å². The molecule has 0 aliphatic heterocycles. The largest absolute Gasteiger partial charge is 0.506 e. The number of pyridine rings is 1. The summed E-state index contributed by atoms with van der Waals surface area (Å²) in [5.41, 5.74) is 0. The van der Waals surface area contributed by atoms with Crippen molar-refractivity contribution in [2.24, 2.45) is 5.92 Å². The molecule has 0 spiro atoms. The summed E-state index contributed by atoms with van der Waals surface area (Å²) < 4.78 is 5.80. The number of aromatic nitrogens is 1. The van der Waals surface area contributed by atoms with Crippen molar-refractivity contribution >= 4 is 18.7 Å². The minimum absolute atomic E-state index is 0.119. The first-order chi connectivity index (χ1) is 13.8. The van der Waals surface area contributed by atoms with E-state index in [0.717, 1.165) is 16.8 Å². The van der Waals surface area contributed by atoms with Crippen molar-refractivity contribution in [3.05, 3.63) is 79.0 Å². The number of hydrogen-bond donors (Lipinski definition) is 2. The molecule has 4 nitrogen and oxygen atoms in total. The first kappa shape index (κ1) is 21.1. The van der Waals surface area contributed by atoms with Crippen LogP contribution in [0.25, 0.3) is 0 Å². The molecule has 2 N–H and O–H groups in total. The molecule has 0 fully saturated rings. The lowest BCUT2D eigenvalue weighted by Crippen LogP contribution is -2.65. The van der Waals surface area contributed by atoms with Crippen LogP contribution in [0.5, 0.6) is 11.6 Å². The van der Waals surface area contributed by atoms with Gasteiger partial charge in [-0.15, -0.1) is 0 Å². The highest BCUT2D eigenvalue weighted by Gasteiger charge is 2.50. The third-order valence-electron chi connectivity index (χ3n) is 5.46. The van der Waals surface area contributed by atoms with Crippen LogP contribution in [0.2, 0.25) is 5.04 Å². The van der Waals surface area contributed by atoms with Gasteiger partial charge in [0.1, 0.15) is 5.75 Å². The second-order valence-corrected chi connectivity index (χ2v) is 12.2. The van der Waals surface area contributed by atoms with E-state index in [1.54, 1.807) is 12.1 Å². The lowest BCUT2D eigenvalue weighted by molar-refractivity contribution is 0.229. The van der Waals surface area contributed by atoms with Gasteiger partial charge in [-0.25, -0.2) is 4.98 Å². The smallest absolute Gasteiger partial charge is 0.258 e. The fourth-order valence-corrected chi connectivity index (χ4v) is 7.96. The van der Waals surface area contributed by atoms with Crippen LogP contribution in [0, 0.1) is 5.92 Å². The molecule has 0 amide bonds. The predicted molar refractivity (Wildman–Crippen MR) is 119 cm³/mol. The highest BCUT2D eigenvalue weighted by Crippen LogP contribution is 2.41. The molecule has 0 radical (unpaired) electrons. The Morgan fingerprint density at radius 2 is 1.48 bits per heavy atom. The summed E-state index contributed by atoms with van der Waals surface area (Å²) in [6.07, 6.45) is 2.18. The van der Waals surface area contributed by atoms with Crippen LogP contribution in [0.3, 0.4) is 0 Å². The lowest BCUT2D eigenvalue weighted by Gasteiger charge is -2.42. The van der Waals surface area contributed by atoms with Gasteiger partial charge in [0, 0.05) is 6.07 Å². The summed E-state index contributed by atoms with van der Waals surface area (Å²) >= 11 is 0. The molecule has 1 atom stereocenters. The molecule has 0 aliphatic carbocycles. The monoisotopic (exact) mass is 407 g/mol. The highest BCUT2D eigenvalue weighted by atomic mass is 28.4. The Labute approximate surface area is 174 Å². The van der Waals surface area contributed by atoms with Gasteiger partial charge in [0.05, 0.1) is 12.8 Å². The van der Waals surface area contributed by atoms with Gasteiger partial charge in [-0.05, 0) is 33.8 Å². The third-order valence-corrected chi connectivity index (χ3v) is 9.96. The maximum absolute atomic E-state index is 12.2. The Morgan fingerprint density at radius 3 is 1.97 bits per heavy atom. The molecular formula is C24H29NO3Si. The van der Waals surface area contributed by atoms with E-state index in [-0.39, 0.29) is 16.7 Å². The third kappa shape index (κ3) is 4.69. The molecule has 29 heavy (non-hydrogen) atoms. The Kier molecular flexibility index (Phi) is 6.40. The number of rotatable bonds is 8. The van der Waals surface area contributed by atoms with E-state index in [0.29, 0.717) is 12.5 Å². The van der Waals surface area contributed by atoms with Crippen molar-refractivity contribution in [3.63, 3.8) is 0 Å². The van der Waals surface area contributed by atoms with Crippen LogP contribution in [-0.2, 0) is 0 Å². The van der Waals surface area contributed by atoms with E-state index in [2.05, 4.69) is 25.8 Å². The average molecular weight is 408 g/mol. The van der Waals surface area contributed by atoms with Crippen molar-refractivity contribution in [1.82, 2.24) is 4.98 Å². The molecule has 1 unspecified atom stereocenters. The molecule has 2 aromatic carbocycles. The van der Waals surface area contributed by atoms with Gasteiger partial charge in [-0.1, -0.05) is 81.4 Å². The molecule has 0 bridgehead atoms. The fraction of sp³-hybridized carbons (Fsp3) is 0.292. The second-order valence-electron chi connectivity index (χ2n) is 8.30. The van der Waals surface area contributed by atoms with Crippen LogP contribution in [0.15, 0.2) is 79.0 Å². The quantitative estimate of drug-likeness (QED) is 0.559. The minimum Gasteiger partial charge on any atom is -0.506 e. The van der Waals surface area contributed by atoms with E-state index in [9.17, 15) is 9.90 Å². The van der Waals surface area contributed by atoms with E-state index in [1.807, 2.05) is 60.7 Å². The maximum Gasteiger partial charge on any atom is 0.258 e. The van der Waals surface area contributed by atoms with Crippen molar-refractivity contribution in [2.75, 3.05) is 6.61 Å². The van der Waals surface area contributed by atoms with Crippen LogP contribution in [0.1, 0.15) is 27.2 Å². The zero-order valence-corrected chi connectivity index (χ0v) is 18.2. The number of benzene rings is 2. The summed E-state index contributed by atoms with van der Waals surface area (Å²) in [7, 11) is -3.01. The van der Waals surface area contributed by atoms with Gasteiger partial charge in [0.25, 0.3) is 8.32 Å². The van der Waals surface area contributed by atoms with Gasteiger partial charge in [0.15, 0.2) is 0 Å². The predicted octanol–water partition coefficient (Wildman–Crippen LogP) is 3.72. The van der Waals surface area contributed by atoms with Gasteiger partial charge in [-0.3, -0.25) is 0 Å². The Hall–Kier alpha value is -2.63. The molecule has 0 aliphatic rings. The number of aromatic hydroxyl groups is 1. The van der Waals surface area contributed by atoms with Crippen LogP contribution in [-0.4, -0.2) is 29.8 Å². The lowest BCUT2D eigenvalue weighted by atomic mass is 9.98. The summed E-state index contributed by atoms with van der Waals surface area (Å²) in [6.45, 7) is 6.95. The molecular weight excluding hydrogens is 378 g/mol. The molecule has 3 rings (SSSR count). The molecule has 1 heterocycles. The van der Waals surface area contributed by atoms with Crippen molar-refractivity contribution in [3.8, 4) is 11.6 Å². The van der Waals surface area contributed by atoms with Crippen LogP contribution >= 0.6 is 0 Å². The first-order valence-electron chi connectivity index (χ1n) is 9.94. The zero-order chi connectivity index (χ0) is 20.9. The first-order valence-corrected chi connectivity index (χ1v) is 11.9. The topological polar surface area (TPSA) is 62.6 Å². The van der Waals surface area contributed by atoms with Crippen molar-refractivity contribution in [2.45, 2.75) is 32.2 Å². The summed E-state index contributed by atoms with van der Waals surface area (Å²) in [5.74, 6) is 0.825. The fourth-order valence-electron chi connectivity index (χ4n) is 4.07. The minimum atomic E-state index is -3.01. The van der Waals surface area contributed by atoms with Gasteiger partial charge in [0.2, 0.25) is 5.88 Å². The van der Waals surface area contributed by atoms with E-state index >= 15 is 0 Å². The number of ether oxygens (including phenoxy) is 1. The van der Waals surface area contributed by atoms with Crippen molar-refractivity contribution < 1.29 is 14.6 Å². The van der Waals surface area contributed by atoms with Gasteiger partial charge >= 0.3 is 0 Å². The average Bonchev–Trinajstić information content (AvgIpc) is 2.73. The Morgan fingerprint density at radius 1 is 0.931 bits per heavy atom. The van der Waals surface area contributed by atoms with Gasteiger partial charge < -0.3 is 14.6 Å². The second kappa shape index (κ2) is 8.80. The van der Waals surface area contributed by atoms with Crippen LogP contribution < -0.4 is 15.1 Å². The highest BCUT2D eigenvalue weighted by molar-refractivity contribution is 6.98. The van der Waals surface area contributed by atoms with Crippen LogP contribution in [0.4, 0.5) is 0 Å². The summed E-state index contributed by atoms with van der Waals surface area (Å²) in [4.78, 5) is 16.3. The van der Waals surface area contributed by atoms with E-state index in [4.69, 9.17) is 4.74 Å². The van der Waals surface area contributed by atoms with E-state index in [1.165, 1.54) is 6.20 Å².